The van der Waals surface area contributed by atoms with Crippen LogP contribution in [0.4, 0.5) is 11.4 Å². The summed E-state index contributed by atoms with van der Waals surface area (Å²) in [6.07, 6.45) is 0. The molecule has 2 aromatic carbocycles. The van der Waals surface area contributed by atoms with Crippen molar-refractivity contribution in [1.82, 2.24) is 4.98 Å². The number of carbonyl (C=O) groups excluding carboxylic acids is 1. The third-order valence-electron chi connectivity index (χ3n) is 3.96. The van der Waals surface area contributed by atoms with Gasteiger partial charge in [-0.1, -0.05) is 18.2 Å². The van der Waals surface area contributed by atoms with E-state index in [9.17, 15) is 4.79 Å². The first-order valence-electron chi connectivity index (χ1n) is 7.69. The van der Waals surface area contributed by atoms with Crippen LogP contribution in [0.1, 0.15) is 9.67 Å². The Labute approximate surface area is 148 Å². The first-order valence-corrected chi connectivity index (χ1v) is 8.50. The highest BCUT2D eigenvalue weighted by molar-refractivity contribution is 7.21. The number of para-hydroxylation sites is 1. The molecule has 0 aliphatic heterocycles. The second-order valence-electron chi connectivity index (χ2n) is 5.56. The highest BCUT2D eigenvalue weighted by atomic mass is 32.1. The van der Waals surface area contributed by atoms with E-state index in [1.54, 1.807) is 7.11 Å². The lowest BCUT2D eigenvalue weighted by Gasteiger charge is -2.03. The van der Waals surface area contributed by atoms with Crippen molar-refractivity contribution in [2.75, 3.05) is 18.2 Å². The third kappa shape index (κ3) is 2.77. The fraction of sp³-hybridized carbons (Fsp3) is 0.0526. The molecule has 2 aromatic heterocycles. The number of amides is 1. The number of methoxy groups -OCH3 is 1. The first kappa shape index (κ1) is 15.4. The predicted octanol–water partition coefficient (Wildman–Crippen LogP) is 4.29. The minimum atomic E-state index is -0.228. The van der Waals surface area contributed by atoms with Crippen LogP contribution in [0.3, 0.4) is 0 Å². The SMILES string of the molecule is COc1ccc2nc3sc(C(=O)Nc4ccccc4)c(N)c3cc2c1. The van der Waals surface area contributed by atoms with E-state index in [1.165, 1.54) is 11.3 Å². The average molecular weight is 349 g/mol. The summed E-state index contributed by atoms with van der Waals surface area (Å²) < 4.78 is 5.25. The summed E-state index contributed by atoms with van der Waals surface area (Å²) in [5, 5.41) is 4.57. The minimum Gasteiger partial charge on any atom is -0.497 e. The Kier molecular flexibility index (Phi) is 3.74. The van der Waals surface area contributed by atoms with Gasteiger partial charge in [-0.05, 0) is 36.4 Å². The number of aromatic nitrogens is 1. The number of nitrogens with one attached hydrogen (secondary N) is 1. The summed E-state index contributed by atoms with van der Waals surface area (Å²) in [5.74, 6) is 0.526. The summed E-state index contributed by atoms with van der Waals surface area (Å²) >= 11 is 1.30. The normalized spacial score (nSPS) is 10.9. The monoisotopic (exact) mass is 349 g/mol. The van der Waals surface area contributed by atoms with Crippen LogP contribution in [0.5, 0.6) is 5.75 Å². The van der Waals surface area contributed by atoms with Gasteiger partial charge < -0.3 is 15.8 Å². The molecular weight excluding hydrogens is 334 g/mol. The van der Waals surface area contributed by atoms with Crippen molar-refractivity contribution in [1.29, 1.82) is 0 Å². The Bertz CT molecular complexity index is 1090. The van der Waals surface area contributed by atoms with Crippen LogP contribution in [0.2, 0.25) is 0 Å². The lowest BCUT2D eigenvalue weighted by molar-refractivity contribution is 0.103. The second kappa shape index (κ2) is 6.07. The van der Waals surface area contributed by atoms with Gasteiger partial charge in [-0.25, -0.2) is 4.98 Å². The van der Waals surface area contributed by atoms with E-state index in [4.69, 9.17) is 10.5 Å². The summed E-state index contributed by atoms with van der Waals surface area (Å²) in [6, 6.07) is 16.9. The van der Waals surface area contributed by atoms with Crippen LogP contribution in [-0.2, 0) is 0 Å². The topological polar surface area (TPSA) is 77.2 Å². The number of carbonyl (C=O) groups is 1. The third-order valence-corrected chi connectivity index (χ3v) is 5.07. The van der Waals surface area contributed by atoms with Crippen molar-refractivity contribution >= 4 is 49.7 Å². The number of pyridine rings is 1. The molecule has 0 unspecified atom stereocenters. The molecule has 6 heteroatoms. The number of nitrogens with zero attached hydrogens (tertiary/aromatic N) is 1. The van der Waals surface area contributed by atoms with E-state index in [2.05, 4.69) is 10.3 Å². The molecule has 0 aliphatic carbocycles. The molecule has 0 fully saturated rings. The molecule has 0 saturated carbocycles. The zero-order chi connectivity index (χ0) is 17.4. The molecule has 124 valence electrons. The number of nitrogens with two attached hydrogens (primary N) is 1. The lowest BCUT2D eigenvalue weighted by atomic mass is 10.1. The van der Waals surface area contributed by atoms with Gasteiger partial charge in [0.2, 0.25) is 0 Å². The van der Waals surface area contributed by atoms with Crippen LogP contribution < -0.4 is 15.8 Å². The number of rotatable bonds is 3. The summed E-state index contributed by atoms with van der Waals surface area (Å²) in [5.41, 5.74) is 8.25. The maximum atomic E-state index is 12.6. The number of thiophene rings is 1. The van der Waals surface area contributed by atoms with E-state index in [0.717, 1.165) is 32.6 Å². The molecule has 0 spiro atoms. The molecule has 2 heterocycles. The summed E-state index contributed by atoms with van der Waals surface area (Å²) in [6.45, 7) is 0. The van der Waals surface area contributed by atoms with Gasteiger partial charge in [0.1, 0.15) is 15.5 Å². The standard InChI is InChI=1S/C19H15N3O2S/c1-24-13-7-8-15-11(9-13)10-14-16(20)17(25-19(14)22-15)18(23)21-12-5-3-2-4-6-12/h2-10H,20H2,1H3,(H,21,23). The summed E-state index contributed by atoms with van der Waals surface area (Å²) in [4.78, 5) is 18.4. The smallest absolute Gasteiger partial charge is 0.267 e. The van der Waals surface area contributed by atoms with Crippen molar-refractivity contribution in [2.45, 2.75) is 0 Å². The number of anilines is 2. The molecule has 0 saturated heterocycles. The second-order valence-corrected chi connectivity index (χ2v) is 6.56. The molecule has 0 atom stereocenters. The van der Waals surface area contributed by atoms with Gasteiger partial charge in [0.05, 0.1) is 18.3 Å². The molecule has 5 nitrogen and oxygen atoms in total. The largest absolute Gasteiger partial charge is 0.497 e. The fourth-order valence-electron chi connectivity index (χ4n) is 2.69. The zero-order valence-electron chi connectivity index (χ0n) is 13.4. The van der Waals surface area contributed by atoms with Crippen molar-refractivity contribution in [2.24, 2.45) is 0 Å². The van der Waals surface area contributed by atoms with Crippen molar-refractivity contribution in [3.63, 3.8) is 0 Å². The molecule has 0 bridgehead atoms. The number of hydrogen-bond donors (Lipinski definition) is 2. The van der Waals surface area contributed by atoms with Gasteiger partial charge in [0.25, 0.3) is 5.91 Å². The number of nitrogen functional groups attached to an aromatic ring is 1. The maximum Gasteiger partial charge on any atom is 0.267 e. The van der Waals surface area contributed by atoms with Crippen LogP contribution in [0, 0.1) is 0 Å². The zero-order valence-corrected chi connectivity index (χ0v) is 14.3. The quantitative estimate of drug-likeness (QED) is 0.578. The van der Waals surface area contributed by atoms with Gasteiger partial charge in [0.15, 0.2) is 0 Å². The average Bonchev–Trinajstić information content (AvgIpc) is 2.96. The minimum absolute atomic E-state index is 0.228. The van der Waals surface area contributed by atoms with E-state index in [1.807, 2.05) is 54.6 Å². The number of fused-ring (bicyclic) bond motifs is 2. The van der Waals surface area contributed by atoms with Crippen molar-refractivity contribution in [3.8, 4) is 5.75 Å². The lowest BCUT2D eigenvalue weighted by Crippen LogP contribution is -2.11. The molecule has 4 aromatic rings. The molecular formula is C19H15N3O2S. The highest BCUT2D eigenvalue weighted by Crippen LogP contribution is 2.35. The van der Waals surface area contributed by atoms with E-state index < -0.39 is 0 Å². The van der Waals surface area contributed by atoms with Gasteiger partial charge in [-0.3, -0.25) is 4.79 Å². The number of ether oxygens (including phenoxy) is 1. The van der Waals surface area contributed by atoms with Crippen LogP contribution in [0.15, 0.2) is 54.6 Å². The molecule has 0 radical (unpaired) electrons. The van der Waals surface area contributed by atoms with Gasteiger partial charge in [-0.2, -0.15) is 0 Å². The maximum absolute atomic E-state index is 12.6. The van der Waals surface area contributed by atoms with E-state index in [0.29, 0.717) is 10.6 Å². The number of hydrogen-bond acceptors (Lipinski definition) is 5. The van der Waals surface area contributed by atoms with Crippen LogP contribution in [-0.4, -0.2) is 18.0 Å². The Morgan fingerprint density at radius 3 is 2.72 bits per heavy atom. The van der Waals surface area contributed by atoms with Crippen molar-refractivity contribution in [3.05, 3.63) is 59.5 Å². The Morgan fingerprint density at radius 2 is 1.96 bits per heavy atom. The Balaban J connectivity index is 1.78. The predicted molar refractivity (Wildman–Crippen MR) is 102 cm³/mol. The first-order chi connectivity index (χ1) is 12.2. The Hall–Kier alpha value is -3.12. The van der Waals surface area contributed by atoms with Crippen molar-refractivity contribution < 1.29 is 9.53 Å². The fourth-order valence-corrected chi connectivity index (χ4v) is 3.67. The molecule has 0 aliphatic rings. The Morgan fingerprint density at radius 1 is 1.16 bits per heavy atom. The number of benzene rings is 2. The highest BCUT2D eigenvalue weighted by Gasteiger charge is 2.18. The summed E-state index contributed by atoms with van der Waals surface area (Å²) in [7, 11) is 1.62. The van der Waals surface area contributed by atoms with Gasteiger partial charge in [0, 0.05) is 16.5 Å². The van der Waals surface area contributed by atoms with E-state index in [-0.39, 0.29) is 5.91 Å². The van der Waals surface area contributed by atoms with Crippen LogP contribution in [0.25, 0.3) is 21.1 Å². The molecule has 3 N–H and O–H groups in total. The molecule has 1 amide bonds. The van der Waals surface area contributed by atoms with Crippen LogP contribution >= 0.6 is 11.3 Å². The molecule has 25 heavy (non-hydrogen) atoms. The van der Waals surface area contributed by atoms with Gasteiger partial charge >= 0.3 is 0 Å². The van der Waals surface area contributed by atoms with E-state index >= 15 is 0 Å². The van der Waals surface area contributed by atoms with Gasteiger partial charge in [-0.15, -0.1) is 11.3 Å². The molecule has 4 rings (SSSR count).